The fourth-order valence-electron chi connectivity index (χ4n) is 9.40. The number of hydrogen-bond donors (Lipinski definition) is 0. The molecule has 9 aromatic rings. The molecule has 0 fully saturated rings. The van der Waals surface area contributed by atoms with Crippen LogP contribution in [0.1, 0.15) is 40.9 Å². The number of benzene rings is 7. The number of rotatable bonds is 4. The van der Waals surface area contributed by atoms with Gasteiger partial charge in [-0.05, 0) is 113 Å². The molecule has 0 radical (unpaired) electrons. The van der Waals surface area contributed by atoms with Crippen LogP contribution in [0.5, 0.6) is 0 Å². The Balaban J connectivity index is 1.07. The van der Waals surface area contributed by atoms with Crippen molar-refractivity contribution < 1.29 is 0 Å². The Morgan fingerprint density at radius 3 is 1.36 bits per heavy atom. The monoisotopic (exact) mass is 678 g/mol. The minimum atomic E-state index is 1.06. The van der Waals surface area contributed by atoms with Crippen molar-refractivity contribution in [1.82, 2.24) is 9.13 Å². The van der Waals surface area contributed by atoms with Crippen molar-refractivity contribution in [3.8, 4) is 33.6 Å². The molecule has 2 heterocycles. The third-order valence-electron chi connectivity index (χ3n) is 11.7. The first-order valence-electron chi connectivity index (χ1n) is 19.0. The summed E-state index contributed by atoms with van der Waals surface area (Å²) in [6.07, 6.45) is 13.5. The highest BCUT2D eigenvalue weighted by molar-refractivity contribution is 6.21. The lowest BCUT2D eigenvalue weighted by Crippen LogP contribution is -2.03. The summed E-state index contributed by atoms with van der Waals surface area (Å²) in [5, 5.41) is 7.80. The first-order chi connectivity index (χ1) is 26.2. The van der Waals surface area contributed by atoms with Crippen LogP contribution >= 0.6 is 0 Å². The van der Waals surface area contributed by atoms with Gasteiger partial charge in [-0.25, -0.2) is 0 Å². The topological polar surface area (TPSA) is 9.86 Å². The van der Waals surface area contributed by atoms with Crippen molar-refractivity contribution in [2.75, 3.05) is 0 Å². The van der Waals surface area contributed by atoms with Crippen molar-refractivity contribution in [2.24, 2.45) is 0 Å². The van der Waals surface area contributed by atoms with Gasteiger partial charge in [0.15, 0.2) is 0 Å². The number of allylic oxidation sites excluding steroid dienone is 2. The van der Waals surface area contributed by atoms with Crippen LogP contribution in [-0.4, -0.2) is 9.13 Å². The Morgan fingerprint density at radius 1 is 0.415 bits per heavy atom. The molecule has 0 unspecified atom stereocenters. The van der Waals surface area contributed by atoms with E-state index < -0.39 is 0 Å². The van der Waals surface area contributed by atoms with Gasteiger partial charge in [0.25, 0.3) is 0 Å². The molecule has 2 heteroatoms. The van der Waals surface area contributed by atoms with E-state index in [-0.39, 0.29) is 0 Å². The molecule has 0 spiro atoms. The number of fused-ring (bicyclic) bond motifs is 8. The first kappa shape index (κ1) is 30.3. The molecule has 0 N–H and O–H groups in total. The standard InChI is InChI=1S/C51H38N2/c1-33-22-31-44-45(32-33)51(35-25-29-37(30-26-35)53-48-20-10-6-14-40(48)41-15-7-11-21-49(41)53)43-17-3-2-16-42(43)50(44)34-23-27-36(28-24-34)52-46-18-8-4-12-38(46)39-13-5-9-19-47(39)52/h2-8,10,12-18,20,22-32H,9,11,19,21H2,1H3. The average Bonchev–Trinajstić information content (AvgIpc) is 3.73. The van der Waals surface area contributed by atoms with Crippen LogP contribution in [0.15, 0.2) is 152 Å². The van der Waals surface area contributed by atoms with Gasteiger partial charge in [-0.2, -0.15) is 0 Å². The van der Waals surface area contributed by atoms with Crippen molar-refractivity contribution >= 4 is 55.5 Å². The summed E-state index contributed by atoms with van der Waals surface area (Å²) in [4.78, 5) is 0. The van der Waals surface area contributed by atoms with E-state index in [1.807, 2.05) is 0 Å². The lowest BCUT2D eigenvalue weighted by Gasteiger charge is -2.19. The maximum atomic E-state index is 2.48. The molecule has 53 heavy (non-hydrogen) atoms. The minimum Gasteiger partial charge on any atom is -0.313 e. The zero-order valence-electron chi connectivity index (χ0n) is 29.8. The van der Waals surface area contributed by atoms with Crippen molar-refractivity contribution in [1.29, 1.82) is 0 Å². The fraction of sp³-hybridized carbons (Fsp3) is 0.0980. The smallest absolute Gasteiger partial charge is 0.0537 e. The summed E-state index contributed by atoms with van der Waals surface area (Å²) < 4.78 is 4.96. The van der Waals surface area contributed by atoms with Gasteiger partial charge in [-0.15, -0.1) is 0 Å². The zero-order valence-corrected chi connectivity index (χ0v) is 29.8. The molecule has 0 saturated carbocycles. The molecule has 11 rings (SSSR count). The first-order valence-corrected chi connectivity index (χ1v) is 19.0. The van der Waals surface area contributed by atoms with Gasteiger partial charge in [-0.3, -0.25) is 0 Å². The predicted octanol–water partition coefficient (Wildman–Crippen LogP) is 13.4. The van der Waals surface area contributed by atoms with E-state index >= 15 is 0 Å². The van der Waals surface area contributed by atoms with Crippen LogP contribution < -0.4 is 0 Å². The van der Waals surface area contributed by atoms with Gasteiger partial charge in [-0.1, -0.05) is 133 Å². The molecular formula is C51H38N2. The SMILES string of the molecule is Cc1ccc2c(-c3ccc(-n4c5c(c6ccccc64)C=CCC5)cc3)c3ccccc3c(-c3ccc(-n4c5c(c6ccccc64)C=CCC5)cc3)c2c1. The third kappa shape index (κ3) is 4.58. The third-order valence-corrected chi connectivity index (χ3v) is 11.7. The second-order valence-corrected chi connectivity index (χ2v) is 14.7. The Kier molecular flexibility index (Phi) is 6.76. The second kappa shape index (κ2) is 11.8. The molecule has 2 aliphatic carbocycles. The molecule has 0 saturated heterocycles. The predicted molar refractivity (Wildman–Crippen MR) is 225 cm³/mol. The van der Waals surface area contributed by atoms with E-state index in [9.17, 15) is 0 Å². The average molecular weight is 679 g/mol. The maximum Gasteiger partial charge on any atom is 0.0537 e. The van der Waals surface area contributed by atoms with Gasteiger partial charge >= 0.3 is 0 Å². The van der Waals surface area contributed by atoms with Crippen molar-refractivity contribution in [3.63, 3.8) is 0 Å². The highest BCUT2D eigenvalue weighted by Gasteiger charge is 2.21. The highest BCUT2D eigenvalue weighted by atomic mass is 15.0. The summed E-state index contributed by atoms with van der Waals surface area (Å²) in [5.41, 5.74) is 16.9. The molecule has 0 aliphatic heterocycles. The Morgan fingerprint density at radius 2 is 0.849 bits per heavy atom. The van der Waals surface area contributed by atoms with Gasteiger partial charge < -0.3 is 9.13 Å². The van der Waals surface area contributed by atoms with Crippen molar-refractivity contribution in [3.05, 3.63) is 180 Å². The maximum absolute atomic E-state index is 2.48. The van der Waals surface area contributed by atoms with Crippen LogP contribution in [0, 0.1) is 6.92 Å². The number of para-hydroxylation sites is 2. The Bertz CT molecular complexity index is 2980. The summed E-state index contributed by atoms with van der Waals surface area (Å²) in [7, 11) is 0. The fourth-order valence-corrected chi connectivity index (χ4v) is 9.40. The quantitative estimate of drug-likeness (QED) is 0.164. The van der Waals surface area contributed by atoms with Gasteiger partial charge in [0.2, 0.25) is 0 Å². The van der Waals surface area contributed by atoms with Crippen LogP contribution in [0.25, 0.3) is 89.1 Å². The van der Waals surface area contributed by atoms with Crippen LogP contribution in [-0.2, 0) is 12.8 Å². The Labute approximate surface area is 309 Å². The largest absolute Gasteiger partial charge is 0.313 e. The van der Waals surface area contributed by atoms with E-state index in [0.29, 0.717) is 0 Å². The van der Waals surface area contributed by atoms with Crippen LogP contribution in [0.2, 0.25) is 0 Å². The minimum absolute atomic E-state index is 1.06. The van der Waals surface area contributed by atoms with E-state index in [4.69, 9.17) is 0 Å². The van der Waals surface area contributed by atoms with E-state index in [2.05, 4.69) is 180 Å². The molecule has 2 nitrogen and oxygen atoms in total. The zero-order chi connectivity index (χ0) is 35.0. The number of aromatic nitrogens is 2. The van der Waals surface area contributed by atoms with E-state index in [0.717, 1.165) is 25.7 Å². The van der Waals surface area contributed by atoms with Gasteiger partial charge in [0, 0.05) is 44.7 Å². The highest BCUT2D eigenvalue weighted by Crippen LogP contribution is 2.45. The summed E-state index contributed by atoms with van der Waals surface area (Å²) in [5.74, 6) is 0. The summed E-state index contributed by atoms with van der Waals surface area (Å²) in [6.45, 7) is 2.21. The molecule has 0 amide bonds. The molecule has 0 bridgehead atoms. The summed E-state index contributed by atoms with van der Waals surface area (Å²) >= 11 is 0. The second-order valence-electron chi connectivity index (χ2n) is 14.7. The Hall–Kier alpha value is -6.38. The van der Waals surface area contributed by atoms with Gasteiger partial charge in [0.1, 0.15) is 0 Å². The summed E-state index contributed by atoms with van der Waals surface area (Å²) in [6, 6.07) is 52.3. The molecule has 0 atom stereocenters. The number of hydrogen-bond acceptors (Lipinski definition) is 0. The lowest BCUT2D eigenvalue weighted by molar-refractivity contribution is 0.888. The van der Waals surface area contributed by atoms with E-state index in [1.54, 1.807) is 0 Å². The normalized spacial score (nSPS) is 13.7. The van der Waals surface area contributed by atoms with Crippen molar-refractivity contribution in [2.45, 2.75) is 32.6 Å². The molecule has 2 aliphatic rings. The van der Waals surface area contributed by atoms with E-state index in [1.165, 1.54) is 105 Å². The number of nitrogens with zero attached hydrogens (tertiary/aromatic N) is 2. The molecule has 252 valence electrons. The molecular weight excluding hydrogens is 641 g/mol. The van der Waals surface area contributed by atoms with Crippen LogP contribution in [0.4, 0.5) is 0 Å². The van der Waals surface area contributed by atoms with Crippen LogP contribution in [0.3, 0.4) is 0 Å². The molecule has 2 aromatic heterocycles. The molecule has 7 aromatic carbocycles. The van der Waals surface area contributed by atoms with Gasteiger partial charge in [0.05, 0.1) is 11.0 Å². The number of aryl methyl sites for hydroxylation is 1. The lowest BCUT2D eigenvalue weighted by atomic mass is 9.85.